The third-order valence-corrected chi connectivity index (χ3v) is 5.71. The Bertz CT molecular complexity index is 1280. The monoisotopic (exact) mass is 479 g/mol. The zero-order valence-electron chi connectivity index (χ0n) is 16.6. The SMILES string of the molecule is CC(OC(=O)c1ccccc1[N+](=O)[O-])c1nc2ccccc2n1Cc1ccccc1Br. The summed E-state index contributed by atoms with van der Waals surface area (Å²) in [6.45, 7) is 2.23. The number of benzene rings is 3. The maximum absolute atomic E-state index is 12.7. The molecule has 7 nitrogen and oxygen atoms in total. The summed E-state index contributed by atoms with van der Waals surface area (Å²) in [7, 11) is 0. The number of hydrogen-bond donors (Lipinski definition) is 0. The molecule has 4 aromatic rings. The van der Waals surface area contributed by atoms with Gasteiger partial charge in [-0.3, -0.25) is 10.1 Å². The lowest BCUT2D eigenvalue weighted by Crippen LogP contribution is -2.15. The molecule has 0 aliphatic heterocycles. The third-order valence-electron chi connectivity index (χ3n) is 4.94. The van der Waals surface area contributed by atoms with Crippen LogP contribution < -0.4 is 0 Å². The van der Waals surface area contributed by atoms with E-state index in [1.165, 1.54) is 18.2 Å². The Hall–Kier alpha value is -3.52. The molecular weight excluding hydrogens is 462 g/mol. The lowest BCUT2D eigenvalue weighted by Gasteiger charge is -2.16. The van der Waals surface area contributed by atoms with E-state index in [1.54, 1.807) is 13.0 Å². The van der Waals surface area contributed by atoms with Crippen LogP contribution in [0, 0.1) is 10.1 Å². The zero-order valence-corrected chi connectivity index (χ0v) is 18.2. The van der Waals surface area contributed by atoms with Gasteiger partial charge in [0.15, 0.2) is 11.9 Å². The van der Waals surface area contributed by atoms with E-state index in [1.807, 2.05) is 53.1 Å². The highest BCUT2D eigenvalue weighted by molar-refractivity contribution is 9.10. The normalized spacial score (nSPS) is 11.9. The minimum absolute atomic E-state index is 0.0900. The summed E-state index contributed by atoms with van der Waals surface area (Å²) < 4.78 is 8.57. The Labute approximate surface area is 186 Å². The van der Waals surface area contributed by atoms with Crippen LogP contribution >= 0.6 is 15.9 Å². The quantitative estimate of drug-likeness (QED) is 0.202. The second kappa shape index (κ2) is 8.69. The smallest absolute Gasteiger partial charge is 0.345 e. The van der Waals surface area contributed by atoms with Crippen LogP contribution in [0.15, 0.2) is 77.3 Å². The van der Waals surface area contributed by atoms with E-state index < -0.39 is 17.0 Å². The summed E-state index contributed by atoms with van der Waals surface area (Å²) in [6.07, 6.45) is -0.720. The maximum Gasteiger partial charge on any atom is 0.345 e. The largest absolute Gasteiger partial charge is 0.451 e. The number of esters is 1. The molecule has 0 saturated carbocycles. The van der Waals surface area contributed by atoms with Crippen LogP contribution in [-0.2, 0) is 11.3 Å². The Morgan fingerprint density at radius 3 is 2.55 bits per heavy atom. The first-order chi connectivity index (χ1) is 15.0. The van der Waals surface area contributed by atoms with Crippen LogP contribution in [-0.4, -0.2) is 20.4 Å². The van der Waals surface area contributed by atoms with Gasteiger partial charge >= 0.3 is 5.97 Å². The number of fused-ring (bicyclic) bond motifs is 1. The lowest BCUT2D eigenvalue weighted by atomic mass is 10.2. The highest BCUT2D eigenvalue weighted by atomic mass is 79.9. The molecule has 156 valence electrons. The first kappa shape index (κ1) is 20.7. The van der Waals surface area contributed by atoms with Crippen molar-refractivity contribution in [3.63, 3.8) is 0 Å². The van der Waals surface area contributed by atoms with Gasteiger partial charge < -0.3 is 9.30 Å². The van der Waals surface area contributed by atoms with Crippen molar-refractivity contribution in [1.82, 2.24) is 9.55 Å². The van der Waals surface area contributed by atoms with Gasteiger partial charge in [-0.05, 0) is 36.8 Å². The van der Waals surface area contributed by atoms with Crippen LogP contribution in [0.3, 0.4) is 0 Å². The number of carbonyl (C=O) groups excluding carboxylic acids is 1. The zero-order chi connectivity index (χ0) is 22.0. The number of nitro groups is 1. The Morgan fingerprint density at radius 1 is 1.10 bits per heavy atom. The Balaban J connectivity index is 1.70. The summed E-state index contributed by atoms with van der Waals surface area (Å²) in [5.41, 5.74) is 2.35. The van der Waals surface area contributed by atoms with Crippen LogP contribution in [0.25, 0.3) is 11.0 Å². The Morgan fingerprint density at radius 2 is 1.77 bits per heavy atom. The standard InChI is InChI=1S/C23H18BrN3O4/c1-15(31-23(28)17-9-3-6-12-20(17)27(29)30)22-25-19-11-5-7-13-21(19)26(22)14-16-8-2-4-10-18(16)24/h2-13,15H,14H2,1H3. The number of para-hydroxylation sites is 3. The van der Waals surface area contributed by atoms with E-state index in [2.05, 4.69) is 20.9 Å². The third kappa shape index (κ3) is 4.20. The molecule has 8 heteroatoms. The minimum atomic E-state index is -0.765. The number of aromatic nitrogens is 2. The molecule has 0 N–H and O–H groups in total. The van der Waals surface area contributed by atoms with Crippen molar-refractivity contribution in [1.29, 1.82) is 0 Å². The molecule has 1 heterocycles. The van der Waals surface area contributed by atoms with Crippen LogP contribution in [0.1, 0.15) is 34.8 Å². The molecule has 0 fully saturated rings. The van der Waals surface area contributed by atoms with Crippen LogP contribution in [0.2, 0.25) is 0 Å². The topological polar surface area (TPSA) is 87.3 Å². The summed E-state index contributed by atoms with van der Waals surface area (Å²) in [4.78, 5) is 28.1. The predicted molar refractivity (Wildman–Crippen MR) is 120 cm³/mol. The molecular formula is C23H18BrN3O4. The molecule has 3 aromatic carbocycles. The first-order valence-electron chi connectivity index (χ1n) is 9.58. The van der Waals surface area contributed by atoms with Crippen molar-refractivity contribution in [2.45, 2.75) is 19.6 Å². The molecule has 0 aliphatic rings. The van der Waals surface area contributed by atoms with Crippen molar-refractivity contribution in [2.75, 3.05) is 0 Å². The number of hydrogen-bond acceptors (Lipinski definition) is 5. The number of halogens is 1. The van der Waals surface area contributed by atoms with Gasteiger partial charge in [0.25, 0.3) is 5.69 Å². The van der Waals surface area contributed by atoms with E-state index in [4.69, 9.17) is 4.74 Å². The summed E-state index contributed by atoms with van der Waals surface area (Å²) in [5.74, 6) is -0.205. The highest BCUT2D eigenvalue weighted by Crippen LogP contribution is 2.28. The van der Waals surface area contributed by atoms with Crippen LogP contribution in [0.4, 0.5) is 5.69 Å². The van der Waals surface area contributed by atoms with Crippen LogP contribution in [0.5, 0.6) is 0 Å². The van der Waals surface area contributed by atoms with Gasteiger partial charge in [-0.2, -0.15) is 0 Å². The number of nitro benzene ring substituents is 1. The number of ether oxygens (including phenoxy) is 1. The summed E-state index contributed by atoms with van der Waals surface area (Å²) >= 11 is 3.58. The summed E-state index contributed by atoms with van der Waals surface area (Å²) in [5, 5.41) is 11.3. The number of imidazole rings is 1. The van der Waals surface area contributed by atoms with E-state index >= 15 is 0 Å². The van der Waals surface area contributed by atoms with Crippen molar-refractivity contribution >= 4 is 38.6 Å². The van der Waals surface area contributed by atoms with Crippen molar-refractivity contribution in [3.05, 3.63) is 104 Å². The molecule has 1 unspecified atom stereocenters. The lowest BCUT2D eigenvalue weighted by molar-refractivity contribution is -0.385. The van der Waals surface area contributed by atoms with Gasteiger partial charge in [0.1, 0.15) is 5.56 Å². The molecule has 0 saturated heterocycles. The fourth-order valence-corrected chi connectivity index (χ4v) is 3.86. The predicted octanol–water partition coefficient (Wildman–Crippen LogP) is 5.67. The van der Waals surface area contributed by atoms with E-state index in [0.717, 1.165) is 21.1 Å². The highest BCUT2D eigenvalue weighted by Gasteiger charge is 2.25. The molecule has 1 atom stereocenters. The fourth-order valence-electron chi connectivity index (χ4n) is 3.45. The van der Waals surface area contributed by atoms with E-state index in [9.17, 15) is 14.9 Å². The van der Waals surface area contributed by atoms with Crippen molar-refractivity contribution in [3.8, 4) is 0 Å². The van der Waals surface area contributed by atoms with E-state index in [-0.39, 0.29) is 11.3 Å². The molecule has 4 rings (SSSR count). The minimum Gasteiger partial charge on any atom is -0.451 e. The van der Waals surface area contributed by atoms with Gasteiger partial charge in [0.05, 0.1) is 22.5 Å². The number of carbonyl (C=O) groups is 1. The second-order valence-electron chi connectivity index (χ2n) is 6.96. The second-order valence-corrected chi connectivity index (χ2v) is 7.81. The van der Waals surface area contributed by atoms with E-state index in [0.29, 0.717) is 12.4 Å². The molecule has 0 radical (unpaired) electrons. The van der Waals surface area contributed by atoms with Gasteiger partial charge in [0.2, 0.25) is 0 Å². The molecule has 0 spiro atoms. The van der Waals surface area contributed by atoms with Crippen molar-refractivity contribution < 1.29 is 14.5 Å². The van der Waals surface area contributed by atoms with Gasteiger partial charge in [-0.25, -0.2) is 9.78 Å². The molecule has 0 aliphatic carbocycles. The van der Waals surface area contributed by atoms with Gasteiger partial charge in [-0.1, -0.05) is 58.4 Å². The molecule has 0 amide bonds. The molecule has 31 heavy (non-hydrogen) atoms. The van der Waals surface area contributed by atoms with Gasteiger partial charge in [-0.15, -0.1) is 0 Å². The average Bonchev–Trinajstić information content (AvgIpc) is 3.14. The Kier molecular flexibility index (Phi) is 5.81. The molecule has 0 bridgehead atoms. The maximum atomic E-state index is 12.7. The number of nitrogens with zero attached hydrogens (tertiary/aromatic N) is 3. The number of rotatable bonds is 6. The first-order valence-corrected chi connectivity index (χ1v) is 10.4. The average molecular weight is 480 g/mol. The van der Waals surface area contributed by atoms with Gasteiger partial charge in [0, 0.05) is 10.5 Å². The summed E-state index contributed by atoms with van der Waals surface area (Å²) in [6, 6.07) is 21.3. The molecule has 1 aromatic heterocycles. The van der Waals surface area contributed by atoms with Crippen molar-refractivity contribution in [2.24, 2.45) is 0 Å². The fraction of sp³-hybridized carbons (Fsp3) is 0.130.